The Balaban J connectivity index is 1.88. The van der Waals surface area contributed by atoms with Gasteiger partial charge >= 0.3 is 0 Å². The van der Waals surface area contributed by atoms with Gasteiger partial charge in [-0.3, -0.25) is 4.79 Å². The molecule has 1 fully saturated rings. The number of alkyl halides is 1. The van der Waals surface area contributed by atoms with E-state index in [1.807, 2.05) is 29.2 Å². The molecule has 1 amide bonds. The second-order valence-electron chi connectivity index (χ2n) is 5.42. The molecule has 1 aromatic carbocycles. The van der Waals surface area contributed by atoms with Gasteiger partial charge in [-0.2, -0.15) is 0 Å². The summed E-state index contributed by atoms with van der Waals surface area (Å²) in [4.78, 5) is 14.3. The number of hydrogen-bond donors (Lipinski definition) is 0. The first kappa shape index (κ1) is 15.2. The first-order valence-electron chi connectivity index (χ1n) is 7.14. The number of likely N-dealkylation sites (tertiary alicyclic amines) is 1. The molecule has 4 heteroatoms. The van der Waals surface area contributed by atoms with Crippen LogP contribution in [0.1, 0.15) is 25.3 Å². The number of methoxy groups -OCH3 is 1. The Morgan fingerprint density at radius 1 is 1.40 bits per heavy atom. The van der Waals surface area contributed by atoms with Crippen molar-refractivity contribution in [2.24, 2.45) is 5.92 Å². The Morgan fingerprint density at radius 3 is 2.70 bits per heavy atom. The van der Waals surface area contributed by atoms with Gasteiger partial charge in [0, 0.05) is 24.9 Å². The highest BCUT2D eigenvalue weighted by atomic mass is 35.5. The Morgan fingerprint density at radius 2 is 2.10 bits per heavy atom. The minimum absolute atomic E-state index is 0.208. The van der Waals surface area contributed by atoms with E-state index in [0.717, 1.165) is 30.7 Å². The zero-order valence-corrected chi connectivity index (χ0v) is 12.9. The lowest BCUT2D eigenvalue weighted by Gasteiger charge is -2.25. The highest BCUT2D eigenvalue weighted by Crippen LogP contribution is 2.25. The third-order valence-electron chi connectivity index (χ3n) is 4.15. The number of hydrogen-bond acceptors (Lipinski definition) is 2. The second-order valence-corrected chi connectivity index (χ2v) is 5.73. The Kier molecular flexibility index (Phi) is 5.30. The molecule has 110 valence electrons. The molecule has 0 bridgehead atoms. The van der Waals surface area contributed by atoms with Crippen molar-refractivity contribution in [3.8, 4) is 5.75 Å². The molecule has 2 unspecified atom stereocenters. The SMILES string of the molecule is COc1ccc(CCC(=O)N2CCC(C)C2CCl)cc1. The summed E-state index contributed by atoms with van der Waals surface area (Å²) in [5.41, 5.74) is 1.16. The lowest BCUT2D eigenvalue weighted by atomic mass is 10.0. The first-order valence-corrected chi connectivity index (χ1v) is 7.67. The zero-order valence-electron chi connectivity index (χ0n) is 12.1. The van der Waals surface area contributed by atoms with Crippen LogP contribution in [0.3, 0.4) is 0 Å². The number of aryl methyl sites for hydroxylation is 1. The maximum absolute atomic E-state index is 12.3. The minimum atomic E-state index is 0.208. The predicted molar refractivity (Wildman–Crippen MR) is 81.3 cm³/mol. The van der Waals surface area contributed by atoms with Crippen LogP contribution in [0.25, 0.3) is 0 Å². The van der Waals surface area contributed by atoms with Gasteiger partial charge in [0.2, 0.25) is 5.91 Å². The van der Waals surface area contributed by atoms with Gasteiger partial charge in [0.25, 0.3) is 0 Å². The van der Waals surface area contributed by atoms with Crippen LogP contribution >= 0.6 is 11.6 Å². The van der Waals surface area contributed by atoms with Crippen LogP contribution < -0.4 is 4.74 Å². The van der Waals surface area contributed by atoms with E-state index in [1.165, 1.54) is 0 Å². The molecule has 1 heterocycles. The lowest BCUT2D eigenvalue weighted by molar-refractivity contribution is -0.131. The molecule has 1 saturated heterocycles. The molecule has 0 N–H and O–H groups in total. The van der Waals surface area contributed by atoms with Gasteiger partial charge in [-0.1, -0.05) is 19.1 Å². The molecule has 0 saturated carbocycles. The molecule has 1 aliphatic rings. The molecule has 0 aromatic heterocycles. The quantitative estimate of drug-likeness (QED) is 0.781. The number of halogens is 1. The largest absolute Gasteiger partial charge is 0.497 e. The van der Waals surface area contributed by atoms with Gasteiger partial charge in [-0.15, -0.1) is 11.6 Å². The van der Waals surface area contributed by atoms with Gasteiger partial charge in [0.05, 0.1) is 7.11 Å². The minimum Gasteiger partial charge on any atom is -0.497 e. The van der Waals surface area contributed by atoms with Gasteiger partial charge in [-0.25, -0.2) is 0 Å². The molecule has 1 aliphatic heterocycles. The molecule has 0 radical (unpaired) electrons. The van der Waals surface area contributed by atoms with Crippen LogP contribution in [0.2, 0.25) is 0 Å². The van der Waals surface area contributed by atoms with E-state index in [1.54, 1.807) is 7.11 Å². The molecule has 3 nitrogen and oxygen atoms in total. The zero-order chi connectivity index (χ0) is 14.5. The number of benzene rings is 1. The summed E-state index contributed by atoms with van der Waals surface area (Å²) >= 11 is 5.98. The van der Waals surface area contributed by atoms with Crippen LogP contribution in [0.15, 0.2) is 24.3 Å². The summed E-state index contributed by atoms with van der Waals surface area (Å²) < 4.78 is 5.13. The van der Waals surface area contributed by atoms with Crippen molar-refractivity contribution in [2.45, 2.75) is 32.2 Å². The van der Waals surface area contributed by atoms with Crippen LogP contribution in [0.4, 0.5) is 0 Å². The van der Waals surface area contributed by atoms with Gasteiger partial charge in [-0.05, 0) is 36.5 Å². The van der Waals surface area contributed by atoms with E-state index in [2.05, 4.69) is 6.92 Å². The van der Waals surface area contributed by atoms with Crippen molar-refractivity contribution in [1.29, 1.82) is 0 Å². The van der Waals surface area contributed by atoms with E-state index in [4.69, 9.17) is 16.3 Å². The standard InChI is InChI=1S/C16H22ClNO2/c1-12-9-10-18(15(12)11-17)16(19)8-5-13-3-6-14(20-2)7-4-13/h3-4,6-7,12,15H,5,8-11H2,1-2H3. The van der Waals surface area contributed by atoms with Crippen molar-refractivity contribution in [1.82, 2.24) is 4.90 Å². The number of rotatable bonds is 5. The van der Waals surface area contributed by atoms with Gasteiger partial charge in [0.15, 0.2) is 0 Å². The van der Waals surface area contributed by atoms with E-state index in [0.29, 0.717) is 18.2 Å². The fraction of sp³-hybridized carbons (Fsp3) is 0.562. The number of carbonyl (C=O) groups excluding carboxylic acids is 1. The predicted octanol–water partition coefficient (Wildman–Crippen LogP) is 3.10. The van der Waals surface area contributed by atoms with Gasteiger partial charge in [0.1, 0.15) is 5.75 Å². The van der Waals surface area contributed by atoms with Crippen LogP contribution in [-0.2, 0) is 11.2 Å². The van der Waals surface area contributed by atoms with Crippen molar-refractivity contribution in [3.05, 3.63) is 29.8 Å². The van der Waals surface area contributed by atoms with E-state index in [-0.39, 0.29) is 11.9 Å². The number of amides is 1. The second kappa shape index (κ2) is 6.98. The van der Waals surface area contributed by atoms with Crippen molar-refractivity contribution in [2.75, 3.05) is 19.5 Å². The summed E-state index contributed by atoms with van der Waals surface area (Å²) in [6, 6.07) is 8.09. The highest BCUT2D eigenvalue weighted by molar-refractivity contribution is 6.18. The fourth-order valence-corrected chi connectivity index (χ4v) is 3.21. The summed E-state index contributed by atoms with van der Waals surface area (Å²) in [7, 11) is 1.65. The van der Waals surface area contributed by atoms with Crippen LogP contribution in [0, 0.1) is 5.92 Å². The maximum atomic E-state index is 12.3. The summed E-state index contributed by atoms with van der Waals surface area (Å²) in [5, 5.41) is 0. The Bertz CT molecular complexity index is 446. The molecular formula is C16H22ClNO2. The molecule has 0 aliphatic carbocycles. The van der Waals surface area contributed by atoms with E-state index < -0.39 is 0 Å². The Labute approximate surface area is 125 Å². The average Bonchev–Trinajstić information content (AvgIpc) is 2.86. The van der Waals surface area contributed by atoms with Crippen molar-refractivity contribution < 1.29 is 9.53 Å². The van der Waals surface area contributed by atoms with E-state index >= 15 is 0 Å². The van der Waals surface area contributed by atoms with Crippen LogP contribution in [0.5, 0.6) is 5.75 Å². The molecule has 2 rings (SSSR count). The fourth-order valence-electron chi connectivity index (χ4n) is 2.74. The lowest BCUT2D eigenvalue weighted by Crippen LogP contribution is -2.38. The third-order valence-corrected chi connectivity index (χ3v) is 4.46. The van der Waals surface area contributed by atoms with Crippen molar-refractivity contribution >= 4 is 17.5 Å². The normalized spacial score (nSPS) is 22.1. The van der Waals surface area contributed by atoms with Crippen LogP contribution in [-0.4, -0.2) is 36.4 Å². The smallest absolute Gasteiger partial charge is 0.223 e. The maximum Gasteiger partial charge on any atom is 0.223 e. The average molecular weight is 296 g/mol. The number of carbonyl (C=O) groups is 1. The molecule has 2 atom stereocenters. The summed E-state index contributed by atoms with van der Waals surface area (Å²) in [6.07, 6.45) is 2.38. The number of ether oxygens (including phenoxy) is 1. The molecular weight excluding hydrogens is 274 g/mol. The third kappa shape index (κ3) is 3.45. The highest BCUT2D eigenvalue weighted by Gasteiger charge is 2.33. The summed E-state index contributed by atoms with van der Waals surface area (Å²) in [6.45, 7) is 3.02. The molecule has 20 heavy (non-hydrogen) atoms. The Hall–Kier alpha value is -1.22. The van der Waals surface area contributed by atoms with Gasteiger partial charge < -0.3 is 9.64 Å². The van der Waals surface area contributed by atoms with E-state index in [9.17, 15) is 4.79 Å². The number of nitrogens with zero attached hydrogens (tertiary/aromatic N) is 1. The topological polar surface area (TPSA) is 29.5 Å². The monoisotopic (exact) mass is 295 g/mol. The molecule has 1 aromatic rings. The van der Waals surface area contributed by atoms with Crippen molar-refractivity contribution in [3.63, 3.8) is 0 Å². The summed E-state index contributed by atoms with van der Waals surface area (Å²) in [5.74, 6) is 2.11. The first-order chi connectivity index (χ1) is 9.65. The molecule has 0 spiro atoms.